The van der Waals surface area contributed by atoms with E-state index in [1.807, 2.05) is 37.1 Å². The fourth-order valence-electron chi connectivity index (χ4n) is 1.96. The molecule has 0 unspecified atom stereocenters. The molecular weight excluding hydrogens is 228 g/mol. The van der Waals surface area contributed by atoms with Crippen LogP contribution < -0.4 is 4.90 Å². The molecule has 0 aliphatic rings. The predicted molar refractivity (Wildman–Crippen MR) is 70.4 cm³/mol. The van der Waals surface area contributed by atoms with Crippen molar-refractivity contribution in [1.82, 2.24) is 4.98 Å². The van der Waals surface area contributed by atoms with Gasteiger partial charge in [-0.15, -0.1) is 0 Å². The largest absolute Gasteiger partial charge is 0.469 e. The van der Waals surface area contributed by atoms with E-state index >= 15 is 0 Å². The number of pyridine rings is 1. The van der Waals surface area contributed by atoms with Crippen LogP contribution in [0, 0.1) is 6.92 Å². The molecule has 0 saturated carbocycles. The Labute approximate surface area is 107 Å². The smallest absolute Gasteiger partial charge is 0.134 e. The van der Waals surface area contributed by atoms with E-state index in [1.165, 1.54) is 0 Å². The van der Waals surface area contributed by atoms with E-state index in [1.54, 1.807) is 19.4 Å². The van der Waals surface area contributed by atoms with Crippen LogP contribution in [0.25, 0.3) is 0 Å². The molecule has 0 aliphatic carbocycles. The summed E-state index contributed by atoms with van der Waals surface area (Å²) in [4.78, 5) is 6.36. The number of hydrogen-bond donors (Lipinski definition) is 1. The van der Waals surface area contributed by atoms with Crippen LogP contribution in [0.2, 0.25) is 0 Å². The van der Waals surface area contributed by atoms with Crippen molar-refractivity contribution >= 4 is 5.82 Å². The highest BCUT2D eigenvalue weighted by Gasteiger charge is 2.14. The van der Waals surface area contributed by atoms with Crippen molar-refractivity contribution in [3.63, 3.8) is 0 Å². The van der Waals surface area contributed by atoms with Gasteiger partial charge in [-0.05, 0) is 26.0 Å². The van der Waals surface area contributed by atoms with Gasteiger partial charge < -0.3 is 14.4 Å². The molecule has 2 heterocycles. The third-order valence-corrected chi connectivity index (χ3v) is 3.00. The van der Waals surface area contributed by atoms with E-state index in [0.29, 0.717) is 6.54 Å². The number of aliphatic hydroxyl groups excluding tert-OH is 1. The molecule has 96 valence electrons. The summed E-state index contributed by atoms with van der Waals surface area (Å²) in [5.74, 6) is 1.71. The summed E-state index contributed by atoms with van der Waals surface area (Å²) in [6.07, 6.45) is 2.90. The number of aliphatic hydroxyl groups is 1. The van der Waals surface area contributed by atoms with Gasteiger partial charge in [0.15, 0.2) is 0 Å². The zero-order valence-electron chi connectivity index (χ0n) is 10.9. The SMILES string of the molecule is Cc1occc1CN(C)c1ncccc1[C@H](C)O. The molecule has 0 aromatic carbocycles. The maximum Gasteiger partial charge on any atom is 0.134 e. The Bertz CT molecular complexity index is 520. The van der Waals surface area contributed by atoms with Crippen LogP contribution in [0.1, 0.15) is 29.9 Å². The zero-order valence-corrected chi connectivity index (χ0v) is 10.9. The maximum absolute atomic E-state index is 9.75. The first-order chi connectivity index (χ1) is 8.59. The highest BCUT2D eigenvalue weighted by atomic mass is 16.3. The first kappa shape index (κ1) is 12.6. The normalized spacial score (nSPS) is 12.4. The lowest BCUT2D eigenvalue weighted by Gasteiger charge is -2.21. The molecule has 0 saturated heterocycles. The lowest BCUT2D eigenvalue weighted by molar-refractivity contribution is 0.199. The second-order valence-electron chi connectivity index (χ2n) is 4.45. The Morgan fingerprint density at radius 3 is 2.83 bits per heavy atom. The molecule has 0 bridgehead atoms. The summed E-state index contributed by atoms with van der Waals surface area (Å²) in [6.45, 7) is 4.40. The van der Waals surface area contributed by atoms with Crippen molar-refractivity contribution in [3.05, 3.63) is 47.5 Å². The number of anilines is 1. The summed E-state index contributed by atoms with van der Waals surface area (Å²) >= 11 is 0. The zero-order chi connectivity index (χ0) is 13.1. The van der Waals surface area contributed by atoms with E-state index in [9.17, 15) is 5.11 Å². The van der Waals surface area contributed by atoms with E-state index in [-0.39, 0.29) is 0 Å². The summed E-state index contributed by atoms with van der Waals surface area (Å²) in [5, 5.41) is 9.75. The standard InChI is InChI=1S/C14H18N2O2/c1-10(17)13-5-4-7-15-14(13)16(3)9-12-6-8-18-11(12)2/h4-8,10,17H,9H2,1-3H3/t10-/m0/s1. The quantitative estimate of drug-likeness (QED) is 0.901. The lowest BCUT2D eigenvalue weighted by atomic mass is 10.1. The van der Waals surface area contributed by atoms with Gasteiger partial charge >= 0.3 is 0 Å². The number of furan rings is 1. The van der Waals surface area contributed by atoms with Gasteiger partial charge in [-0.25, -0.2) is 4.98 Å². The van der Waals surface area contributed by atoms with Crippen LogP contribution >= 0.6 is 0 Å². The lowest BCUT2D eigenvalue weighted by Crippen LogP contribution is -2.20. The second kappa shape index (κ2) is 5.23. The van der Waals surface area contributed by atoms with Gasteiger partial charge in [0.1, 0.15) is 11.6 Å². The first-order valence-electron chi connectivity index (χ1n) is 5.96. The number of rotatable bonds is 4. The second-order valence-corrected chi connectivity index (χ2v) is 4.45. The fraction of sp³-hybridized carbons (Fsp3) is 0.357. The van der Waals surface area contributed by atoms with Gasteiger partial charge in [-0.1, -0.05) is 6.07 Å². The van der Waals surface area contributed by atoms with E-state index in [2.05, 4.69) is 4.98 Å². The third-order valence-electron chi connectivity index (χ3n) is 3.00. The number of nitrogens with zero attached hydrogens (tertiary/aromatic N) is 2. The van der Waals surface area contributed by atoms with Gasteiger partial charge in [-0.3, -0.25) is 0 Å². The minimum absolute atomic E-state index is 0.526. The van der Waals surface area contributed by atoms with Gasteiger partial charge in [0.2, 0.25) is 0 Å². The molecule has 4 nitrogen and oxygen atoms in total. The van der Waals surface area contributed by atoms with Crippen LogP contribution in [0.15, 0.2) is 35.1 Å². The van der Waals surface area contributed by atoms with E-state index in [0.717, 1.165) is 22.7 Å². The molecule has 0 fully saturated rings. The van der Waals surface area contributed by atoms with Crippen LogP contribution in [0.3, 0.4) is 0 Å². The van der Waals surface area contributed by atoms with Gasteiger partial charge in [0.05, 0.1) is 12.4 Å². The Morgan fingerprint density at radius 2 is 2.22 bits per heavy atom. The molecule has 2 aromatic rings. The van der Waals surface area contributed by atoms with Crippen molar-refractivity contribution in [1.29, 1.82) is 0 Å². The van der Waals surface area contributed by atoms with Crippen LogP contribution in [-0.2, 0) is 6.54 Å². The van der Waals surface area contributed by atoms with Crippen LogP contribution in [0.5, 0.6) is 0 Å². The van der Waals surface area contributed by atoms with Gasteiger partial charge in [-0.2, -0.15) is 0 Å². The molecule has 1 atom stereocenters. The number of aryl methyl sites for hydroxylation is 1. The Hall–Kier alpha value is -1.81. The Morgan fingerprint density at radius 1 is 1.44 bits per heavy atom. The van der Waals surface area contributed by atoms with Crippen molar-refractivity contribution in [2.24, 2.45) is 0 Å². The highest BCUT2D eigenvalue weighted by molar-refractivity contribution is 5.47. The van der Waals surface area contributed by atoms with Gasteiger partial charge in [0.25, 0.3) is 0 Å². The minimum atomic E-state index is -0.526. The molecule has 18 heavy (non-hydrogen) atoms. The third kappa shape index (κ3) is 2.54. The topological polar surface area (TPSA) is 49.5 Å². The Kier molecular flexibility index (Phi) is 3.67. The van der Waals surface area contributed by atoms with E-state index < -0.39 is 6.10 Å². The van der Waals surface area contributed by atoms with Crippen molar-refractivity contribution in [3.8, 4) is 0 Å². The highest BCUT2D eigenvalue weighted by Crippen LogP contribution is 2.24. The summed E-state index contributed by atoms with van der Waals surface area (Å²) in [5.41, 5.74) is 1.96. The van der Waals surface area contributed by atoms with Crippen LogP contribution in [-0.4, -0.2) is 17.1 Å². The fourth-order valence-corrected chi connectivity index (χ4v) is 1.96. The molecular formula is C14H18N2O2. The summed E-state index contributed by atoms with van der Waals surface area (Å²) in [7, 11) is 1.96. The number of hydrogen-bond acceptors (Lipinski definition) is 4. The summed E-state index contributed by atoms with van der Waals surface area (Å²) < 4.78 is 5.28. The first-order valence-corrected chi connectivity index (χ1v) is 5.96. The Balaban J connectivity index is 2.24. The molecule has 0 aliphatic heterocycles. The molecule has 4 heteroatoms. The van der Waals surface area contributed by atoms with Crippen molar-refractivity contribution < 1.29 is 9.52 Å². The van der Waals surface area contributed by atoms with Gasteiger partial charge in [0, 0.05) is 30.9 Å². The molecule has 2 rings (SSSR count). The van der Waals surface area contributed by atoms with Crippen LogP contribution in [0.4, 0.5) is 5.82 Å². The van der Waals surface area contributed by atoms with E-state index in [4.69, 9.17) is 4.42 Å². The van der Waals surface area contributed by atoms with Crippen molar-refractivity contribution in [2.45, 2.75) is 26.5 Å². The molecule has 1 N–H and O–H groups in total. The average molecular weight is 246 g/mol. The predicted octanol–water partition coefficient (Wildman–Crippen LogP) is 2.67. The maximum atomic E-state index is 9.75. The molecule has 0 amide bonds. The number of aromatic nitrogens is 1. The molecule has 0 spiro atoms. The van der Waals surface area contributed by atoms with Crippen molar-refractivity contribution in [2.75, 3.05) is 11.9 Å². The molecule has 0 radical (unpaired) electrons. The summed E-state index contributed by atoms with van der Waals surface area (Å²) in [6, 6.07) is 5.69. The monoisotopic (exact) mass is 246 g/mol. The minimum Gasteiger partial charge on any atom is -0.469 e. The molecule has 2 aromatic heterocycles. The average Bonchev–Trinajstić information content (AvgIpc) is 2.75.